The van der Waals surface area contributed by atoms with E-state index >= 15 is 0 Å². The van der Waals surface area contributed by atoms with Gasteiger partial charge in [0.25, 0.3) is 12.3 Å². The van der Waals surface area contributed by atoms with E-state index in [-0.39, 0.29) is 26.5 Å². The number of aromatic nitrogens is 3. The standard InChI is InChI=1S/C22H17ClF5N5O2S2/c1-7-4-5-12(36-7)10-6-11(18(24)25)30-21-13(10)15(16(37-21)19(29)34)31-20(35)9(3)33-8(2)14(23)17(32-33)22(26,27)28/h4-6,9,18H,1-3H3,(H2,29,34)(H,31,35). The molecule has 4 aromatic heterocycles. The van der Waals surface area contributed by atoms with E-state index in [0.29, 0.717) is 10.4 Å². The Kier molecular flexibility index (Phi) is 7.03. The van der Waals surface area contributed by atoms with Crippen LogP contribution in [0.1, 0.15) is 51.0 Å². The third kappa shape index (κ3) is 4.92. The lowest BCUT2D eigenvalue weighted by Crippen LogP contribution is -2.26. The molecule has 0 saturated carbocycles. The lowest BCUT2D eigenvalue weighted by Gasteiger charge is -2.16. The minimum Gasteiger partial charge on any atom is -0.365 e. The Bertz CT molecular complexity index is 1540. The van der Waals surface area contributed by atoms with Crippen LogP contribution in [0, 0.1) is 13.8 Å². The molecule has 0 aliphatic heterocycles. The smallest absolute Gasteiger partial charge is 0.365 e. The minimum absolute atomic E-state index is 0.0354. The molecule has 4 aromatic rings. The zero-order chi connectivity index (χ0) is 27.4. The molecule has 0 aromatic carbocycles. The van der Waals surface area contributed by atoms with E-state index in [1.165, 1.54) is 31.3 Å². The molecule has 4 rings (SSSR count). The summed E-state index contributed by atoms with van der Waals surface area (Å²) in [6.45, 7) is 4.39. The van der Waals surface area contributed by atoms with E-state index in [4.69, 9.17) is 17.3 Å². The summed E-state index contributed by atoms with van der Waals surface area (Å²) in [5.41, 5.74) is 3.76. The maximum atomic E-state index is 13.6. The molecule has 1 atom stereocenters. The number of hydrogen-bond acceptors (Lipinski definition) is 6. The highest BCUT2D eigenvalue weighted by Crippen LogP contribution is 2.44. The van der Waals surface area contributed by atoms with Crippen LogP contribution in [0.15, 0.2) is 18.2 Å². The number of nitrogens with one attached hydrogen (secondary N) is 1. The summed E-state index contributed by atoms with van der Waals surface area (Å²) in [4.78, 5) is 30.7. The van der Waals surface area contributed by atoms with Crippen molar-refractivity contribution in [3.05, 3.63) is 50.1 Å². The van der Waals surface area contributed by atoms with E-state index in [1.807, 2.05) is 6.92 Å². The Labute approximate surface area is 219 Å². The molecule has 7 nitrogen and oxygen atoms in total. The van der Waals surface area contributed by atoms with Crippen molar-refractivity contribution in [2.45, 2.75) is 39.4 Å². The van der Waals surface area contributed by atoms with Crippen LogP contribution in [0.4, 0.5) is 27.6 Å². The summed E-state index contributed by atoms with van der Waals surface area (Å²) >= 11 is 7.82. The fourth-order valence-electron chi connectivity index (χ4n) is 3.69. The molecule has 0 spiro atoms. The summed E-state index contributed by atoms with van der Waals surface area (Å²) in [5, 5.41) is 5.56. The van der Waals surface area contributed by atoms with Gasteiger partial charge in [-0.2, -0.15) is 18.3 Å². The first-order valence-corrected chi connectivity index (χ1v) is 12.5. The summed E-state index contributed by atoms with van der Waals surface area (Å²) in [5.74, 6) is -1.79. The number of nitrogens with zero attached hydrogens (tertiary/aromatic N) is 3. The number of anilines is 1. The molecule has 0 bridgehead atoms. The third-order valence-corrected chi connectivity index (χ3v) is 8.06. The molecule has 0 aliphatic rings. The van der Waals surface area contributed by atoms with E-state index in [1.54, 1.807) is 12.1 Å². The summed E-state index contributed by atoms with van der Waals surface area (Å²) in [7, 11) is 0. The number of alkyl halides is 5. The Morgan fingerprint density at radius 1 is 1.19 bits per heavy atom. The number of carbonyl (C=O) groups is 2. The largest absolute Gasteiger partial charge is 0.436 e. The molecule has 196 valence electrons. The van der Waals surface area contributed by atoms with Crippen molar-refractivity contribution in [2.75, 3.05) is 5.32 Å². The van der Waals surface area contributed by atoms with Gasteiger partial charge in [0.1, 0.15) is 21.4 Å². The van der Waals surface area contributed by atoms with Gasteiger partial charge in [-0.1, -0.05) is 11.6 Å². The summed E-state index contributed by atoms with van der Waals surface area (Å²) in [6, 6.07) is 3.35. The van der Waals surface area contributed by atoms with Crippen LogP contribution >= 0.6 is 34.3 Å². The third-order valence-electron chi connectivity index (χ3n) is 5.48. The zero-order valence-electron chi connectivity index (χ0n) is 19.2. The molecular formula is C22H17ClF5N5O2S2. The van der Waals surface area contributed by atoms with Gasteiger partial charge in [0.15, 0.2) is 5.69 Å². The van der Waals surface area contributed by atoms with Gasteiger partial charge >= 0.3 is 6.18 Å². The number of pyridine rings is 1. The van der Waals surface area contributed by atoms with E-state index < -0.39 is 46.9 Å². The SMILES string of the molecule is Cc1ccc(-c2cc(C(F)F)nc3sc(C(N)=O)c(NC(=O)C(C)n4nc(C(F)(F)F)c(Cl)c4C)c23)s1. The highest BCUT2D eigenvalue weighted by atomic mass is 35.5. The van der Waals surface area contributed by atoms with Crippen LogP contribution in [-0.4, -0.2) is 26.6 Å². The van der Waals surface area contributed by atoms with E-state index in [2.05, 4.69) is 15.4 Å². The molecule has 3 N–H and O–H groups in total. The Morgan fingerprint density at radius 3 is 2.38 bits per heavy atom. The number of halogens is 6. The van der Waals surface area contributed by atoms with Gasteiger partial charge in [-0.25, -0.2) is 13.8 Å². The number of primary amides is 1. The lowest BCUT2D eigenvalue weighted by atomic mass is 10.1. The molecule has 37 heavy (non-hydrogen) atoms. The number of amides is 2. The van der Waals surface area contributed by atoms with Gasteiger partial charge in [0, 0.05) is 20.7 Å². The van der Waals surface area contributed by atoms with Gasteiger partial charge in [-0.05, 0) is 39.0 Å². The highest BCUT2D eigenvalue weighted by Gasteiger charge is 2.39. The summed E-state index contributed by atoms with van der Waals surface area (Å²) in [6.07, 6.45) is -7.75. The minimum atomic E-state index is -4.84. The van der Waals surface area contributed by atoms with Crippen LogP contribution in [0.2, 0.25) is 5.02 Å². The van der Waals surface area contributed by atoms with Crippen molar-refractivity contribution < 1.29 is 31.5 Å². The van der Waals surface area contributed by atoms with Gasteiger partial charge < -0.3 is 11.1 Å². The number of nitrogens with two attached hydrogens (primary N) is 1. The number of thiophene rings is 2. The fraction of sp³-hybridized carbons (Fsp3) is 0.273. The van der Waals surface area contributed by atoms with Crippen LogP contribution in [0.5, 0.6) is 0 Å². The molecule has 0 fully saturated rings. The quantitative estimate of drug-likeness (QED) is 0.248. The number of aryl methyl sites for hydroxylation is 1. The predicted molar refractivity (Wildman–Crippen MR) is 131 cm³/mol. The highest BCUT2D eigenvalue weighted by molar-refractivity contribution is 7.21. The molecule has 4 heterocycles. The van der Waals surface area contributed by atoms with Gasteiger partial charge in [-0.15, -0.1) is 22.7 Å². The van der Waals surface area contributed by atoms with Crippen LogP contribution in [0.3, 0.4) is 0 Å². The van der Waals surface area contributed by atoms with Gasteiger partial charge in [0.2, 0.25) is 5.91 Å². The van der Waals surface area contributed by atoms with E-state index in [9.17, 15) is 31.5 Å². The normalized spacial score (nSPS) is 12.9. The molecular weight excluding hydrogens is 561 g/mol. The first-order chi connectivity index (χ1) is 17.2. The van der Waals surface area contributed by atoms with Gasteiger partial charge in [-0.3, -0.25) is 14.3 Å². The van der Waals surface area contributed by atoms with Crippen molar-refractivity contribution in [2.24, 2.45) is 5.73 Å². The van der Waals surface area contributed by atoms with Crippen LogP contribution in [-0.2, 0) is 11.0 Å². The molecule has 1 unspecified atom stereocenters. The maximum absolute atomic E-state index is 13.6. The maximum Gasteiger partial charge on any atom is 0.436 e. The number of rotatable bonds is 6. The van der Waals surface area contributed by atoms with Crippen LogP contribution in [0.25, 0.3) is 20.7 Å². The Balaban J connectivity index is 1.86. The predicted octanol–water partition coefficient (Wildman–Crippen LogP) is 6.75. The monoisotopic (exact) mass is 577 g/mol. The molecule has 0 saturated heterocycles. The fourth-order valence-corrected chi connectivity index (χ4v) is 5.83. The Hall–Kier alpha value is -3.10. The number of fused-ring (bicyclic) bond motifs is 1. The zero-order valence-corrected chi connectivity index (χ0v) is 21.6. The van der Waals surface area contributed by atoms with Crippen LogP contribution < -0.4 is 11.1 Å². The first kappa shape index (κ1) is 26.9. The topological polar surface area (TPSA) is 103 Å². The first-order valence-electron chi connectivity index (χ1n) is 10.5. The number of hydrogen-bond donors (Lipinski definition) is 2. The van der Waals surface area contributed by atoms with Crippen molar-refractivity contribution in [1.82, 2.24) is 14.8 Å². The lowest BCUT2D eigenvalue weighted by molar-refractivity contribution is -0.141. The van der Waals surface area contributed by atoms with Crippen molar-refractivity contribution >= 4 is 62.0 Å². The second kappa shape index (κ2) is 9.65. The van der Waals surface area contributed by atoms with Crippen molar-refractivity contribution in [1.29, 1.82) is 0 Å². The molecule has 2 amide bonds. The molecule has 0 aliphatic carbocycles. The molecule has 15 heteroatoms. The van der Waals surface area contributed by atoms with Crippen molar-refractivity contribution in [3.8, 4) is 10.4 Å². The second-order valence-corrected chi connectivity index (χ2v) is 10.7. The second-order valence-electron chi connectivity index (χ2n) is 8.01. The average molecular weight is 578 g/mol. The summed E-state index contributed by atoms with van der Waals surface area (Å²) < 4.78 is 67.8. The average Bonchev–Trinajstić information content (AvgIpc) is 3.48. The number of carbonyl (C=O) groups excluding carboxylic acids is 2. The van der Waals surface area contributed by atoms with Gasteiger partial charge in [0.05, 0.1) is 16.4 Å². The molecule has 0 radical (unpaired) electrons. The van der Waals surface area contributed by atoms with E-state index in [0.717, 1.165) is 20.9 Å². The van der Waals surface area contributed by atoms with Crippen molar-refractivity contribution in [3.63, 3.8) is 0 Å². The Morgan fingerprint density at radius 2 is 1.86 bits per heavy atom.